The first kappa shape index (κ1) is 12.7. The van der Waals surface area contributed by atoms with E-state index in [0.717, 1.165) is 0 Å². The molecular weight excluding hydrogens is 248 g/mol. The molecule has 0 aliphatic rings. The lowest BCUT2D eigenvalue weighted by Gasteiger charge is -2.08. The molecule has 2 N–H and O–H groups in total. The highest BCUT2D eigenvalue weighted by atomic mass is 16.6. The number of hydrogen-bond donors (Lipinski definition) is 2. The van der Waals surface area contributed by atoms with Crippen LogP contribution in [0.3, 0.4) is 0 Å². The number of rotatable bonds is 4. The third kappa shape index (κ3) is 2.59. The zero-order valence-electron chi connectivity index (χ0n) is 10.2. The summed E-state index contributed by atoms with van der Waals surface area (Å²) in [6.45, 7) is 0.0833. The number of carbonyl (C=O) groups is 1. The molecule has 98 valence electrons. The van der Waals surface area contributed by atoms with Gasteiger partial charge in [0.2, 0.25) is 5.91 Å². The molecule has 0 saturated carbocycles. The molecule has 7 nitrogen and oxygen atoms in total. The van der Waals surface area contributed by atoms with Gasteiger partial charge in [-0.25, -0.2) is 0 Å². The Morgan fingerprint density at radius 3 is 2.89 bits per heavy atom. The van der Waals surface area contributed by atoms with Gasteiger partial charge >= 0.3 is 0 Å². The monoisotopic (exact) mass is 260 g/mol. The Balaban J connectivity index is 2.44. The molecule has 19 heavy (non-hydrogen) atoms. The second kappa shape index (κ2) is 5.30. The van der Waals surface area contributed by atoms with Crippen molar-refractivity contribution in [3.05, 3.63) is 40.6 Å². The topological polar surface area (TPSA) is 97.2 Å². The fourth-order valence-corrected chi connectivity index (χ4v) is 1.72. The van der Waals surface area contributed by atoms with Crippen molar-refractivity contribution in [2.45, 2.75) is 0 Å². The number of likely N-dealkylation sites (N-methyl/N-ethyl adjacent to an activating group) is 1. The van der Waals surface area contributed by atoms with E-state index in [2.05, 4.69) is 15.6 Å². The molecule has 0 aliphatic heterocycles. The lowest BCUT2D eigenvalue weighted by molar-refractivity contribution is -0.383. The molecule has 1 heterocycles. The van der Waals surface area contributed by atoms with E-state index >= 15 is 0 Å². The lowest BCUT2D eigenvalue weighted by Crippen LogP contribution is -2.26. The summed E-state index contributed by atoms with van der Waals surface area (Å²) in [6, 6.07) is 6.22. The molecule has 0 radical (unpaired) electrons. The van der Waals surface area contributed by atoms with Crippen LogP contribution in [0.4, 0.5) is 11.4 Å². The number of anilines is 1. The maximum Gasteiger partial charge on any atom is 0.278 e. The van der Waals surface area contributed by atoms with Crippen molar-refractivity contribution in [2.24, 2.45) is 0 Å². The number of nitrogens with zero attached hydrogens (tertiary/aromatic N) is 2. The predicted molar refractivity (Wildman–Crippen MR) is 71.0 cm³/mol. The predicted octanol–water partition coefficient (Wildman–Crippen LogP) is 1.30. The zero-order valence-corrected chi connectivity index (χ0v) is 10.2. The molecule has 0 saturated heterocycles. The van der Waals surface area contributed by atoms with Crippen LogP contribution in [0, 0.1) is 10.1 Å². The van der Waals surface area contributed by atoms with Gasteiger partial charge in [-0.15, -0.1) is 0 Å². The number of nitro groups is 1. The summed E-state index contributed by atoms with van der Waals surface area (Å²) < 4.78 is 0. The minimum Gasteiger partial charge on any atom is -0.374 e. The number of nitro benzene ring substituents is 1. The van der Waals surface area contributed by atoms with Crippen molar-refractivity contribution in [2.75, 3.05) is 18.9 Å². The first-order valence-corrected chi connectivity index (χ1v) is 5.60. The lowest BCUT2D eigenvalue weighted by atomic mass is 10.1. The molecule has 0 atom stereocenters. The summed E-state index contributed by atoms with van der Waals surface area (Å²) in [4.78, 5) is 25.8. The second-order valence-electron chi connectivity index (χ2n) is 3.82. The van der Waals surface area contributed by atoms with Crippen molar-refractivity contribution >= 4 is 28.2 Å². The van der Waals surface area contributed by atoms with Crippen molar-refractivity contribution in [1.29, 1.82) is 0 Å². The first-order valence-electron chi connectivity index (χ1n) is 5.60. The van der Waals surface area contributed by atoms with E-state index in [1.807, 2.05) is 0 Å². The summed E-state index contributed by atoms with van der Waals surface area (Å²) in [5.74, 6) is -0.178. The van der Waals surface area contributed by atoms with Crippen LogP contribution in [0.25, 0.3) is 10.9 Å². The Labute approximate surface area is 108 Å². The SMILES string of the molecule is CNC(=O)CNc1ccc([N+](=O)[O-])c2cccnc12. The summed E-state index contributed by atoms with van der Waals surface area (Å²) in [6.07, 6.45) is 1.55. The van der Waals surface area contributed by atoms with Crippen LogP contribution < -0.4 is 10.6 Å². The zero-order chi connectivity index (χ0) is 13.8. The summed E-state index contributed by atoms with van der Waals surface area (Å²) >= 11 is 0. The molecule has 0 bridgehead atoms. The quantitative estimate of drug-likeness (QED) is 0.638. The van der Waals surface area contributed by atoms with E-state index in [4.69, 9.17) is 0 Å². The van der Waals surface area contributed by atoms with E-state index in [9.17, 15) is 14.9 Å². The standard InChI is InChI=1S/C12H12N4O3/c1-13-11(17)7-15-9-4-5-10(16(18)19)8-3-2-6-14-12(8)9/h2-6,15H,7H2,1H3,(H,13,17). The van der Waals surface area contributed by atoms with E-state index < -0.39 is 4.92 Å². The number of hydrogen-bond acceptors (Lipinski definition) is 5. The van der Waals surface area contributed by atoms with Crippen molar-refractivity contribution < 1.29 is 9.72 Å². The van der Waals surface area contributed by atoms with Gasteiger partial charge in [0.25, 0.3) is 5.69 Å². The average molecular weight is 260 g/mol. The largest absolute Gasteiger partial charge is 0.374 e. The van der Waals surface area contributed by atoms with Crippen LogP contribution in [0.1, 0.15) is 0 Å². The molecule has 2 aromatic rings. The van der Waals surface area contributed by atoms with Crippen LogP contribution in [0.15, 0.2) is 30.5 Å². The van der Waals surface area contributed by atoms with Gasteiger partial charge in [-0.05, 0) is 18.2 Å². The highest BCUT2D eigenvalue weighted by molar-refractivity contribution is 5.97. The molecule has 1 aromatic carbocycles. The number of benzene rings is 1. The van der Waals surface area contributed by atoms with E-state index in [1.54, 1.807) is 24.4 Å². The summed E-state index contributed by atoms with van der Waals surface area (Å²) in [5, 5.41) is 16.8. The number of nitrogens with one attached hydrogen (secondary N) is 2. The van der Waals surface area contributed by atoms with Gasteiger partial charge in [-0.2, -0.15) is 0 Å². The van der Waals surface area contributed by atoms with E-state index in [1.165, 1.54) is 13.1 Å². The number of aromatic nitrogens is 1. The summed E-state index contributed by atoms with van der Waals surface area (Å²) in [7, 11) is 1.54. The third-order valence-corrected chi connectivity index (χ3v) is 2.66. The molecule has 0 fully saturated rings. The van der Waals surface area contributed by atoms with Crippen LogP contribution in [0.2, 0.25) is 0 Å². The second-order valence-corrected chi connectivity index (χ2v) is 3.82. The van der Waals surface area contributed by atoms with Crippen LogP contribution >= 0.6 is 0 Å². The number of non-ortho nitro benzene ring substituents is 1. The molecule has 0 unspecified atom stereocenters. The molecule has 0 spiro atoms. The smallest absolute Gasteiger partial charge is 0.278 e. The van der Waals surface area contributed by atoms with Gasteiger partial charge in [0.15, 0.2) is 0 Å². The Kier molecular flexibility index (Phi) is 3.56. The number of fused-ring (bicyclic) bond motifs is 1. The van der Waals surface area contributed by atoms with Crippen LogP contribution in [-0.2, 0) is 4.79 Å². The molecule has 0 aliphatic carbocycles. The highest BCUT2D eigenvalue weighted by Crippen LogP contribution is 2.29. The van der Waals surface area contributed by atoms with E-state index in [0.29, 0.717) is 16.6 Å². The molecular formula is C12H12N4O3. The average Bonchev–Trinajstić information content (AvgIpc) is 2.43. The minimum atomic E-state index is -0.452. The maximum atomic E-state index is 11.2. The van der Waals surface area contributed by atoms with Gasteiger partial charge in [0, 0.05) is 19.3 Å². The van der Waals surface area contributed by atoms with Gasteiger partial charge in [0.1, 0.15) is 5.52 Å². The highest BCUT2D eigenvalue weighted by Gasteiger charge is 2.14. The minimum absolute atomic E-state index is 0.00593. The van der Waals surface area contributed by atoms with Crippen molar-refractivity contribution in [3.63, 3.8) is 0 Å². The number of pyridine rings is 1. The summed E-state index contributed by atoms with van der Waals surface area (Å²) in [5.41, 5.74) is 1.05. The van der Waals surface area contributed by atoms with Crippen molar-refractivity contribution in [3.8, 4) is 0 Å². The molecule has 2 rings (SSSR count). The van der Waals surface area contributed by atoms with Gasteiger partial charge < -0.3 is 10.6 Å². The van der Waals surface area contributed by atoms with Crippen LogP contribution in [-0.4, -0.2) is 29.4 Å². The number of amides is 1. The molecule has 1 aromatic heterocycles. The van der Waals surface area contributed by atoms with Gasteiger partial charge in [-0.1, -0.05) is 0 Å². The van der Waals surface area contributed by atoms with Gasteiger partial charge in [0.05, 0.1) is 22.5 Å². The van der Waals surface area contributed by atoms with Crippen LogP contribution in [0.5, 0.6) is 0 Å². The first-order chi connectivity index (χ1) is 9.13. The Bertz CT molecular complexity index is 642. The van der Waals surface area contributed by atoms with Gasteiger partial charge in [-0.3, -0.25) is 19.9 Å². The maximum absolute atomic E-state index is 11.2. The fourth-order valence-electron chi connectivity index (χ4n) is 1.72. The normalized spacial score (nSPS) is 10.2. The fraction of sp³-hybridized carbons (Fsp3) is 0.167. The molecule has 1 amide bonds. The molecule has 7 heteroatoms. The Morgan fingerprint density at radius 2 is 2.21 bits per heavy atom. The Morgan fingerprint density at radius 1 is 1.42 bits per heavy atom. The van der Waals surface area contributed by atoms with E-state index in [-0.39, 0.29) is 18.1 Å². The van der Waals surface area contributed by atoms with Crippen molar-refractivity contribution in [1.82, 2.24) is 10.3 Å². The number of carbonyl (C=O) groups excluding carboxylic acids is 1. The Hall–Kier alpha value is -2.70. The third-order valence-electron chi connectivity index (χ3n) is 2.66.